The maximum absolute atomic E-state index is 12.1. The number of carbonyl (C=O) groups is 1. The Kier molecular flexibility index (Phi) is 5.76. The summed E-state index contributed by atoms with van der Waals surface area (Å²) in [5.74, 6) is -0.222. The fourth-order valence-corrected chi connectivity index (χ4v) is 2.41. The van der Waals surface area contributed by atoms with E-state index in [9.17, 15) is 14.3 Å². The maximum Gasteiger partial charge on any atom is 0.258 e. The van der Waals surface area contributed by atoms with Gasteiger partial charge in [-0.15, -0.1) is 0 Å². The topological polar surface area (TPSA) is 81.8 Å². The number of alkyl halides is 1. The standard InChI is InChI=1S/C18H20FNO4/c1-23-16-12-14(24-11-5-10-19)8-9-15(16)18(22,17(20)21)13-6-3-2-4-7-13/h2-4,6-9,12,22H,5,10-11H2,1H3,(H2,20,21). The molecule has 0 spiro atoms. The highest BCUT2D eigenvalue weighted by Gasteiger charge is 2.40. The van der Waals surface area contributed by atoms with Gasteiger partial charge >= 0.3 is 0 Å². The summed E-state index contributed by atoms with van der Waals surface area (Å²) in [7, 11) is 1.41. The van der Waals surface area contributed by atoms with Gasteiger partial charge in [0.1, 0.15) is 11.5 Å². The van der Waals surface area contributed by atoms with Gasteiger partial charge < -0.3 is 20.3 Å². The third-order valence-electron chi connectivity index (χ3n) is 3.66. The van der Waals surface area contributed by atoms with Crippen LogP contribution >= 0.6 is 0 Å². The second-order valence-electron chi connectivity index (χ2n) is 5.19. The fraction of sp³-hybridized carbons (Fsp3) is 0.278. The second-order valence-corrected chi connectivity index (χ2v) is 5.19. The maximum atomic E-state index is 12.1. The Morgan fingerprint density at radius 1 is 1.25 bits per heavy atom. The quantitative estimate of drug-likeness (QED) is 0.725. The zero-order valence-corrected chi connectivity index (χ0v) is 13.4. The van der Waals surface area contributed by atoms with Crippen LogP contribution in [0.5, 0.6) is 11.5 Å². The van der Waals surface area contributed by atoms with Crippen LogP contribution in [0.15, 0.2) is 48.5 Å². The summed E-state index contributed by atoms with van der Waals surface area (Å²) in [4.78, 5) is 12.0. The lowest BCUT2D eigenvalue weighted by Gasteiger charge is -2.27. The molecule has 0 aliphatic rings. The number of methoxy groups -OCH3 is 1. The number of hydrogen-bond donors (Lipinski definition) is 2. The first-order valence-electron chi connectivity index (χ1n) is 7.49. The Morgan fingerprint density at radius 2 is 1.96 bits per heavy atom. The van der Waals surface area contributed by atoms with Gasteiger partial charge in [0.25, 0.3) is 5.91 Å². The van der Waals surface area contributed by atoms with E-state index in [1.165, 1.54) is 19.2 Å². The number of ether oxygens (including phenoxy) is 2. The summed E-state index contributed by atoms with van der Waals surface area (Å²) >= 11 is 0. The van der Waals surface area contributed by atoms with Gasteiger partial charge in [-0.1, -0.05) is 30.3 Å². The molecule has 2 rings (SSSR count). The number of halogens is 1. The highest BCUT2D eigenvalue weighted by molar-refractivity contribution is 5.89. The van der Waals surface area contributed by atoms with Crippen LogP contribution in [0.25, 0.3) is 0 Å². The Bertz CT molecular complexity index is 693. The first kappa shape index (κ1) is 17.7. The summed E-state index contributed by atoms with van der Waals surface area (Å²) in [5.41, 5.74) is 3.98. The average molecular weight is 333 g/mol. The first-order chi connectivity index (χ1) is 11.5. The number of amides is 1. The molecule has 128 valence electrons. The van der Waals surface area contributed by atoms with E-state index < -0.39 is 18.2 Å². The number of benzene rings is 2. The van der Waals surface area contributed by atoms with Crippen LogP contribution < -0.4 is 15.2 Å². The Morgan fingerprint density at radius 3 is 2.54 bits per heavy atom. The van der Waals surface area contributed by atoms with E-state index in [2.05, 4.69) is 0 Å². The third kappa shape index (κ3) is 3.49. The summed E-state index contributed by atoms with van der Waals surface area (Å²) in [6, 6.07) is 13.0. The molecule has 2 aromatic rings. The van der Waals surface area contributed by atoms with Crippen molar-refractivity contribution in [1.29, 1.82) is 0 Å². The molecule has 0 bridgehead atoms. The molecule has 1 atom stereocenters. The average Bonchev–Trinajstić information content (AvgIpc) is 2.61. The third-order valence-corrected chi connectivity index (χ3v) is 3.66. The number of primary amides is 1. The van der Waals surface area contributed by atoms with Crippen LogP contribution in [-0.4, -0.2) is 31.4 Å². The van der Waals surface area contributed by atoms with Crippen LogP contribution in [0.2, 0.25) is 0 Å². The Balaban J connectivity index is 2.46. The molecule has 0 aliphatic heterocycles. The Hall–Kier alpha value is -2.60. The van der Waals surface area contributed by atoms with Gasteiger partial charge in [-0.25, -0.2) is 0 Å². The van der Waals surface area contributed by atoms with Crippen molar-refractivity contribution in [3.05, 3.63) is 59.7 Å². The van der Waals surface area contributed by atoms with E-state index in [-0.39, 0.29) is 24.3 Å². The summed E-state index contributed by atoms with van der Waals surface area (Å²) < 4.78 is 22.8. The van der Waals surface area contributed by atoms with Crippen LogP contribution in [0.3, 0.4) is 0 Å². The highest BCUT2D eigenvalue weighted by Crippen LogP contribution is 2.37. The van der Waals surface area contributed by atoms with Crippen molar-refractivity contribution in [2.75, 3.05) is 20.4 Å². The van der Waals surface area contributed by atoms with Gasteiger partial charge in [-0.2, -0.15) is 0 Å². The molecule has 0 saturated carbocycles. The number of nitrogens with two attached hydrogens (primary N) is 1. The van der Waals surface area contributed by atoms with Gasteiger partial charge in [-0.3, -0.25) is 9.18 Å². The largest absolute Gasteiger partial charge is 0.496 e. The van der Waals surface area contributed by atoms with Gasteiger partial charge in [0, 0.05) is 18.1 Å². The predicted octanol–water partition coefficient (Wildman–Crippen LogP) is 2.15. The van der Waals surface area contributed by atoms with E-state index in [4.69, 9.17) is 15.2 Å². The summed E-state index contributed by atoms with van der Waals surface area (Å²) in [6.07, 6.45) is 0.277. The first-order valence-corrected chi connectivity index (χ1v) is 7.49. The smallest absolute Gasteiger partial charge is 0.258 e. The lowest BCUT2D eigenvalue weighted by Crippen LogP contribution is -2.42. The zero-order valence-electron chi connectivity index (χ0n) is 13.4. The monoisotopic (exact) mass is 333 g/mol. The van der Waals surface area contributed by atoms with Crippen molar-refractivity contribution >= 4 is 5.91 Å². The number of hydrogen-bond acceptors (Lipinski definition) is 4. The molecule has 5 nitrogen and oxygen atoms in total. The molecule has 24 heavy (non-hydrogen) atoms. The molecule has 0 aliphatic carbocycles. The summed E-state index contributed by atoms with van der Waals surface area (Å²) in [6.45, 7) is -0.248. The zero-order chi connectivity index (χ0) is 17.6. The van der Waals surface area contributed by atoms with Crippen molar-refractivity contribution < 1.29 is 23.8 Å². The summed E-state index contributed by atoms with van der Waals surface area (Å²) in [5, 5.41) is 11.0. The van der Waals surface area contributed by atoms with E-state index in [1.54, 1.807) is 36.4 Å². The molecule has 1 amide bonds. The van der Waals surface area contributed by atoms with Crippen molar-refractivity contribution in [1.82, 2.24) is 0 Å². The van der Waals surface area contributed by atoms with Crippen molar-refractivity contribution in [2.24, 2.45) is 5.73 Å². The minimum atomic E-state index is -2.04. The lowest BCUT2D eigenvalue weighted by molar-refractivity contribution is -0.133. The van der Waals surface area contributed by atoms with E-state index in [1.807, 2.05) is 0 Å². The van der Waals surface area contributed by atoms with Gasteiger partial charge in [-0.05, 0) is 17.7 Å². The van der Waals surface area contributed by atoms with Crippen LogP contribution in [-0.2, 0) is 10.4 Å². The van der Waals surface area contributed by atoms with E-state index in [0.29, 0.717) is 11.3 Å². The molecule has 3 N–H and O–H groups in total. The van der Waals surface area contributed by atoms with Crippen molar-refractivity contribution in [3.63, 3.8) is 0 Å². The van der Waals surface area contributed by atoms with Crippen molar-refractivity contribution in [3.8, 4) is 11.5 Å². The minimum Gasteiger partial charge on any atom is -0.496 e. The molecule has 0 heterocycles. The van der Waals surface area contributed by atoms with Gasteiger partial charge in [0.05, 0.1) is 20.4 Å². The molecule has 0 fully saturated rings. The van der Waals surface area contributed by atoms with Gasteiger partial charge in [0.2, 0.25) is 0 Å². The molecule has 2 aromatic carbocycles. The van der Waals surface area contributed by atoms with Crippen molar-refractivity contribution in [2.45, 2.75) is 12.0 Å². The molecular formula is C18H20FNO4. The number of rotatable bonds is 8. The van der Waals surface area contributed by atoms with E-state index >= 15 is 0 Å². The molecule has 0 radical (unpaired) electrons. The SMILES string of the molecule is COc1cc(OCCCF)ccc1C(O)(C(N)=O)c1ccccc1. The molecule has 0 saturated heterocycles. The number of aliphatic hydroxyl groups is 1. The van der Waals surface area contributed by atoms with Crippen LogP contribution in [0.1, 0.15) is 17.5 Å². The normalized spacial score (nSPS) is 13.1. The van der Waals surface area contributed by atoms with Crippen LogP contribution in [0.4, 0.5) is 4.39 Å². The van der Waals surface area contributed by atoms with Gasteiger partial charge in [0.15, 0.2) is 5.60 Å². The fourth-order valence-electron chi connectivity index (χ4n) is 2.41. The van der Waals surface area contributed by atoms with Crippen LogP contribution in [0, 0.1) is 0 Å². The molecule has 1 unspecified atom stereocenters. The van der Waals surface area contributed by atoms with E-state index in [0.717, 1.165) is 0 Å². The number of carbonyl (C=O) groups excluding carboxylic acids is 1. The predicted molar refractivity (Wildman–Crippen MR) is 87.7 cm³/mol. The second kappa shape index (κ2) is 7.79. The molecule has 6 heteroatoms. The molecular weight excluding hydrogens is 313 g/mol. The lowest BCUT2D eigenvalue weighted by atomic mass is 9.85. The minimum absolute atomic E-state index is 0.210. The molecule has 0 aromatic heterocycles. The highest BCUT2D eigenvalue weighted by atomic mass is 19.1. The Labute approximate surface area is 139 Å².